The third-order valence-corrected chi connectivity index (χ3v) is 2.16. The van der Waals surface area contributed by atoms with Gasteiger partial charge < -0.3 is 10.8 Å². The van der Waals surface area contributed by atoms with Gasteiger partial charge in [-0.1, -0.05) is 0 Å². The molecule has 17 heavy (non-hydrogen) atoms. The van der Waals surface area contributed by atoms with Gasteiger partial charge in [0.25, 0.3) is 10.1 Å². The number of benzene rings is 1. The average Bonchev–Trinajstić information content (AvgIpc) is 2.18. The second kappa shape index (κ2) is 8.18. The van der Waals surface area contributed by atoms with Crippen LogP contribution in [-0.2, 0) is 36.6 Å². The summed E-state index contributed by atoms with van der Waals surface area (Å²) in [5.74, 6) is -1.41. The van der Waals surface area contributed by atoms with Gasteiger partial charge in [0, 0.05) is 27.4 Å². The number of rotatable bonds is 2. The van der Waals surface area contributed by atoms with Crippen molar-refractivity contribution in [3.63, 3.8) is 0 Å². The van der Waals surface area contributed by atoms with Crippen LogP contribution in [0.5, 0.6) is 0 Å². The van der Waals surface area contributed by atoms with Crippen LogP contribution in [0.1, 0.15) is 0 Å². The van der Waals surface area contributed by atoms with E-state index in [0.717, 1.165) is 0 Å². The summed E-state index contributed by atoms with van der Waals surface area (Å²) < 4.78 is 39.9. The van der Waals surface area contributed by atoms with E-state index in [1.165, 1.54) is 24.3 Å². The Morgan fingerprint density at radius 3 is 1.88 bits per heavy atom. The molecule has 0 bridgehead atoms. The zero-order valence-electron chi connectivity index (χ0n) is 8.50. The maximum absolute atomic E-state index is 10.5. The van der Waals surface area contributed by atoms with Crippen molar-refractivity contribution in [1.82, 2.24) is 0 Å². The summed E-state index contributed by atoms with van der Waals surface area (Å²) >= 11 is 0. The number of carboxylic acid groups (broad SMARTS) is 1. The molecule has 0 fully saturated rings. The molecule has 0 heterocycles. The minimum absolute atomic E-state index is 0. The third kappa shape index (κ3) is 8.81. The van der Waals surface area contributed by atoms with Crippen LogP contribution in [0.3, 0.4) is 0 Å². The van der Waals surface area contributed by atoms with Crippen LogP contribution < -0.4 is 5.73 Å². The van der Waals surface area contributed by atoms with Gasteiger partial charge in [0.05, 0.1) is 4.90 Å². The summed E-state index contributed by atoms with van der Waals surface area (Å²) in [6.45, 7) is -1.28. The van der Waals surface area contributed by atoms with Gasteiger partial charge in [-0.2, -0.15) is 8.42 Å². The van der Waals surface area contributed by atoms with Gasteiger partial charge in [0.1, 0.15) is 0 Å². The number of carbonyl (C=O) groups is 1. The van der Waals surface area contributed by atoms with Crippen molar-refractivity contribution < 1.29 is 49.0 Å². The maximum atomic E-state index is 10.5. The number of carboxylic acids is 1. The van der Waals surface area contributed by atoms with Crippen LogP contribution in [0, 0.1) is 0 Å². The fourth-order valence-corrected chi connectivity index (χ4v) is 1.12. The number of nitrogen functional groups attached to an aromatic ring is 1. The van der Waals surface area contributed by atoms with E-state index in [-0.39, 0.29) is 26.6 Å². The topological polar surface area (TPSA) is 118 Å². The summed E-state index contributed by atoms with van der Waals surface area (Å²) in [6.07, 6.45) is 0. The number of aliphatic carboxylic acids is 1. The fraction of sp³-hybridized carbons (Fsp3) is 0.125. The smallest absolute Gasteiger partial charge is 0.335 e. The van der Waals surface area contributed by atoms with Crippen molar-refractivity contribution in [2.24, 2.45) is 0 Å². The SMILES string of the molecule is Nc1ccc(S(=O)(=O)O)cc1.O=C(O)CF.[Ti]. The number of anilines is 1. The molecule has 6 nitrogen and oxygen atoms in total. The van der Waals surface area contributed by atoms with E-state index in [9.17, 15) is 12.8 Å². The van der Waals surface area contributed by atoms with Gasteiger partial charge in [-0.05, 0) is 24.3 Å². The van der Waals surface area contributed by atoms with Crippen molar-refractivity contribution in [3.8, 4) is 0 Å². The molecule has 1 aromatic carbocycles. The first-order valence-electron chi connectivity index (χ1n) is 3.88. The van der Waals surface area contributed by atoms with E-state index in [0.29, 0.717) is 5.69 Å². The number of hydrogen-bond donors (Lipinski definition) is 3. The first-order chi connectivity index (χ1) is 7.27. The molecule has 9 heteroatoms. The number of alkyl halides is 1. The fourth-order valence-electron chi connectivity index (χ4n) is 0.640. The van der Waals surface area contributed by atoms with Gasteiger partial charge in [-0.15, -0.1) is 0 Å². The van der Waals surface area contributed by atoms with Crippen molar-refractivity contribution >= 4 is 21.8 Å². The first-order valence-corrected chi connectivity index (χ1v) is 5.32. The van der Waals surface area contributed by atoms with E-state index in [2.05, 4.69) is 0 Å². The van der Waals surface area contributed by atoms with E-state index in [1.807, 2.05) is 0 Å². The van der Waals surface area contributed by atoms with E-state index < -0.39 is 22.8 Å². The summed E-state index contributed by atoms with van der Waals surface area (Å²) in [4.78, 5) is 8.85. The molecule has 4 N–H and O–H groups in total. The van der Waals surface area contributed by atoms with Crippen molar-refractivity contribution in [2.75, 3.05) is 12.4 Å². The van der Waals surface area contributed by atoms with E-state index in [4.69, 9.17) is 20.2 Å². The van der Waals surface area contributed by atoms with Gasteiger partial charge >= 0.3 is 5.97 Å². The molecule has 0 aliphatic heterocycles. The summed E-state index contributed by atoms with van der Waals surface area (Å²) in [5, 5.41) is 7.35. The van der Waals surface area contributed by atoms with E-state index >= 15 is 0 Å². The summed E-state index contributed by atoms with van der Waals surface area (Å²) in [6, 6.07) is 5.29. The molecule has 94 valence electrons. The molecule has 0 atom stereocenters. The van der Waals surface area contributed by atoms with Gasteiger partial charge in [0.2, 0.25) is 0 Å². The molecule has 0 saturated heterocycles. The van der Waals surface area contributed by atoms with Crippen LogP contribution >= 0.6 is 0 Å². The Morgan fingerprint density at radius 1 is 1.29 bits per heavy atom. The van der Waals surface area contributed by atoms with Gasteiger partial charge in [-0.3, -0.25) is 4.55 Å². The van der Waals surface area contributed by atoms with Crippen LogP contribution in [0.2, 0.25) is 0 Å². The molecule has 0 aliphatic rings. The summed E-state index contributed by atoms with van der Waals surface area (Å²) in [7, 11) is -4.08. The van der Waals surface area contributed by atoms with Crippen LogP contribution in [-0.4, -0.2) is 30.7 Å². The second-order valence-corrected chi connectivity index (χ2v) is 3.99. The van der Waals surface area contributed by atoms with Crippen LogP contribution in [0.15, 0.2) is 29.2 Å². The predicted molar refractivity (Wildman–Crippen MR) is 54.3 cm³/mol. The van der Waals surface area contributed by atoms with Crippen molar-refractivity contribution in [1.29, 1.82) is 0 Å². The molecular weight excluding hydrogens is 289 g/mol. The average molecular weight is 299 g/mol. The zero-order chi connectivity index (χ0) is 12.8. The molecule has 0 radical (unpaired) electrons. The Labute approximate surface area is 112 Å². The Morgan fingerprint density at radius 2 is 1.65 bits per heavy atom. The monoisotopic (exact) mass is 299 g/mol. The van der Waals surface area contributed by atoms with Gasteiger partial charge in [0.15, 0.2) is 6.67 Å². The largest absolute Gasteiger partial charge is 0.479 e. The third-order valence-electron chi connectivity index (χ3n) is 1.29. The Balaban J connectivity index is 0. The number of halogens is 1. The first kappa shape index (κ1) is 18.4. The Kier molecular flexibility index (Phi) is 8.86. The van der Waals surface area contributed by atoms with Crippen molar-refractivity contribution in [2.45, 2.75) is 4.90 Å². The van der Waals surface area contributed by atoms with Crippen LogP contribution in [0.4, 0.5) is 10.1 Å². The Hall–Kier alpha value is -0.956. The minimum atomic E-state index is -4.08. The predicted octanol–water partition coefficient (Wildman–Crippen LogP) is 0.553. The molecule has 0 amide bonds. The molecule has 0 aliphatic carbocycles. The molecule has 1 rings (SSSR count). The number of nitrogens with two attached hydrogens (primary N) is 1. The standard InChI is InChI=1S/C6H7NO3S.C2H3FO2.Ti/c7-5-1-3-6(4-2-5)11(8,9)10;3-1-2(4)5;/h1-4H,7H2,(H,8,9,10);1H2,(H,4,5);. The number of hydrogen-bond acceptors (Lipinski definition) is 4. The molecule has 0 unspecified atom stereocenters. The van der Waals surface area contributed by atoms with Crippen LogP contribution in [0.25, 0.3) is 0 Å². The molecule has 0 spiro atoms. The Bertz CT molecular complexity index is 447. The van der Waals surface area contributed by atoms with Gasteiger partial charge in [-0.25, -0.2) is 9.18 Å². The normalized spacial score (nSPS) is 9.53. The minimum Gasteiger partial charge on any atom is -0.479 e. The molecule has 1 aromatic rings. The maximum Gasteiger partial charge on any atom is 0.335 e. The summed E-state index contributed by atoms with van der Waals surface area (Å²) in [5.41, 5.74) is 5.75. The quantitative estimate of drug-likeness (QED) is 0.417. The molecular formula is C8H10FNO5STi. The van der Waals surface area contributed by atoms with Crippen molar-refractivity contribution in [3.05, 3.63) is 24.3 Å². The molecule has 0 saturated carbocycles. The second-order valence-electron chi connectivity index (χ2n) is 2.57. The molecule has 0 aromatic heterocycles. The zero-order valence-corrected chi connectivity index (χ0v) is 10.9. The van der Waals surface area contributed by atoms with E-state index in [1.54, 1.807) is 0 Å².